The average molecular weight is 176 g/mol. The second-order valence-corrected chi connectivity index (χ2v) is 2.64. The van der Waals surface area contributed by atoms with E-state index in [2.05, 4.69) is 16.1 Å². The molecule has 0 saturated heterocycles. The van der Waals surface area contributed by atoms with E-state index in [4.69, 9.17) is 0 Å². The highest BCUT2D eigenvalue weighted by Crippen LogP contribution is 2.03. The summed E-state index contributed by atoms with van der Waals surface area (Å²) < 4.78 is 14.3. The maximum absolute atomic E-state index is 12.7. The zero-order chi connectivity index (χ0) is 9.10. The highest BCUT2D eigenvalue weighted by atomic mass is 19.1. The third-order valence-corrected chi connectivity index (χ3v) is 1.64. The lowest BCUT2D eigenvalue weighted by Crippen LogP contribution is -1.99. The van der Waals surface area contributed by atoms with Crippen molar-refractivity contribution in [3.8, 4) is 0 Å². The van der Waals surface area contributed by atoms with Gasteiger partial charge in [-0.15, -0.1) is 0 Å². The van der Waals surface area contributed by atoms with Gasteiger partial charge in [-0.2, -0.15) is 5.10 Å². The van der Waals surface area contributed by atoms with Crippen LogP contribution in [0.1, 0.15) is 5.56 Å². The SMILES string of the molecule is Fc1[c]ccc(Cn2cncn2)c1. The van der Waals surface area contributed by atoms with E-state index in [0.29, 0.717) is 6.54 Å². The minimum Gasteiger partial charge on any atom is -0.249 e. The van der Waals surface area contributed by atoms with Crippen molar-refractivity contribution in [1.29, 1.82) is 0 Å². The number of aromatic nitrogens is 3. The maximum atomic E-state index is 12.7. The third kappa shape index (κ3) is 1.90. The molecule has 0 atom stereocenters. The number of hydrogen-bond donors (Lipinski definition) is 0. The molecule has 0 N–H and O–H groups in total. The molecular formula is C9H7FN3. The van der Waals surface area contributed by atoms with Crippen LogP contribution in [0.2, 0.25) is 0 Å². The molecule has 13 heavy (non-hydrogen) atoms. The summed E-state index contributed by atoms with van der Waals surface area (Å²) in [4.78, 5) is 3.79. The van der Waals surface area contributed by atoms with E-state index in [1.165, 1.54) is 12.4 Å². The number of hydrogen-bond acceptors (Lipinski definition) is 2. The van der Waals surface area contributed by atoms with Crippen LogP contribution >= 0.6 is 0 Å². The first kappa shape index (κ1) is 7.91. The summed E-state index contributed by atoms with van der Waals surface area (Å²) in [5.41, 5.74) is 0.849. The Labute approximate surface area is 74.8 Å². The average Bonchev–Trinajstić information content (AvgIpc) is 2.57. The Kier molecular flexibility index (Phi) is 2.04. The minimum absolute atomic E-state index is 0.349. The van der Waals surface area contributed by atoms with Crippen LogP contribution in [0, 0.1) is 11.9 Å². The van der Waals surface area contributed by atoms with Gasteiger partial charge in [0.05, 0.1) is 6.54 Å². The minimum atomic E-state index is -0.349. The van der Waals surface area contributed by atoms with Crippen LogP contribution < -0.4 is 0 Å². The topological polar surface area (TPSA) is 30.7 Å². The number of benzene rings is 1. The van der Waals surface area contributed by atoms with Crippen LogP contribution in [-0.2, 0) is 6.54 Å². The van der Waals surface area contributed by atoms with Crippen molar-refractivity contribution >= 4 is 0 Å². The molecule has 1 heterocycles. The van der Waals surface area contributed by atoms with E-state index in [0.717, 1.165) is 5.56 Å². The first-order chi connectivity index (χ1) is 6.34. The van der Waals surface area contributed by atoms with Crippen molar-refractivity contribution in [3.05, 3.63) is 48.3 Å². The second kappa shape index (κ2) is 3.35. The molecule has 65 valence electrons. The molecule has 0 aliphatic carbocycles. The first-order valence-electron chi connectivity index (χ1n) is 3.83. The van der Waals surface area contributed by atoms with Gasteiger partial charge in [0.15, 0.2) is 0 Å². The van der Waals surface area contributed by atoms with Crippen LogP contribution in [0.3, 0.4) is 0 Å². The Hall–Kier alpha value is -1.71. The van der Waals surface area contributed by atoms with Crippen molar-refractivity contribution < 1.29 is 4.39 Å². The van der Waals surface area contributed by atoms with Crippen molar-refractivity contribution in [2.75, 3.05) is 0 Å². The molecule has 0 bridgehead atoms. The Morgan fingerprint density at radius 3 is 3.15 bits per heavy atom. The van der Waals surface area contributed by atoms with Gasteiger partial charge in [-0.1, -0.05) is 12.1 Å². The predicted molar refractivity (Wildman–Crippen MR) is 44.4 cm³/mol. The quantitative estimate of drug-likeness (QED) is 0.689. The van der Waals surface area contributed by atoms with Gasteiger partial charge in [-0.25, -0.2) is 14.1 Å². The van der Waals surface area contributed by atoms with Gasteiger partial charge in [0.25, 0.3) is 0 Å². The molecule has 0 saturated carbocycles. The summed E-state index contributed by atoms with van der Waals surface area (Å²) in [6, 6.07) is 7.23. The third-order valence-electron chi connectivity index (χ3n) is 1.64. The van der Waals surface area contributed by atoms with Gasteiger partial charge in [-0.3, -0.25) is 0 Å². The van der Waals surface area contributed by atoms with Gasteiger partial charge < -0.3 is 0 Å². The molecule has 0 aliphatic heterocycles. The highest BCUT2D eigenvalue weighted by molar-refractivity contribution is 5.15. The van der Waals surface area contributed by atoms with Crippen LogP contribution in [-0.4, -0.2) is 14.8 Å². The van der Waals surface area contributed by atoms with E-state index >= 15 is 0 Å². The molecule has 2 aromatic rings. The number of halogens is 1. The lowest BCUT2D eigenvalue weighted by Gasteiger charge is -1.99. The molecule has 1 radical (unpaired) electrons. The fourth-order valence-corrected chi connectivity index (χ4v) is 1.08. The highest BCUT2D eigenvalue weighted by Gasteiger charge is 1.96. The summed E-state index contributed by atoms with van der Waals surface area (Å²) in [5.74, 6) is -0.349. The van der Waals surface area contributed by atoms with Crippen molar-refractivity contribution in [2.24, 2.45) is 0 Å². The molecule has 1 aromatic heterocycles. The van der Waals surface area contributed by atoms with Crippen molar-refractivity contribution in [1.82, 2.24) is 14.8 Å². The number of nitrogens with zero attached hydrogens (tertiary/aromatic N) is 3. The van der Waals surface area contributed by atoms with E-state index < -0.39 is 0 Å². The molecule has 4 heteroatoms. The normalized spacial score (nSPS) is 10.2. The summed E-state index contributed by atoms with van der Waals surface area (Å²) >= 11 is 0. The maximum Gasteiger partial charge on any atom is 0.137 e. The van der Waals surface area contributed by atoms with Gasteiger partial charge in [0, 0.05) is 6.07 Å². The van der Waals surface area contributed by atoms with Crippen LogP contribution in [0.15, 0.2) is 30.9 Å². The summed E-state index contributed by atoms with van der Waals surface area (Å²) in [5, 5.41) is 3.91. The zero-order valence-corrected chi connectivity index (χ0v) is 6.81. The summed E-state index contributed by atoms with van der Waals surface area (Å²) in [7, 11) is 0. The molecule has 0 amide bonds. The molecule has 3 nitrogen and oxygen atoms in total. The van der Waals surface area contributed by atoms with E-state index in [1.807, 2.05) is 0 Å². The predicted octanol–water partition coefficient (Wildman–Crippen LogP) is 1.27. The fraction of sp³-hybridized carbons (Fsp3) is 0.111. The van der Waals surface area contributed by atoms with Crippen molar-refractivity contribution in [3.63, 3.8) is 0 Å². The van der Waals surface area contributed by atoms with Gasteiger partial charge in [0.1, 0.15) is 18.5 Å². The lowest BCUT2D eigenvalue weighted by molar-refractivity contribution is 0.617. The molecule has 0 aliphatic rings. The van der Waals surface area contributed by atoms with Gasteiger partial charge in [-0.05, 0) is 11.6 Å². The monoisotopic (exact) mass is 176 g/mol. The Morgan fingerprint density at radius 2 is 2.46 bits per heavy atom. The molecule has 2 rings (SSSR count). The molecular weight excluding hydrogens is 169 g/mol. The van der Waals surface area contributed by atoms with E-state index in [1.54, 1.807) is 23.1 Å². The largest absolute Gasteiger partial charge is 0.249 e. The molecule has 1 aromatic carbocycles. The Bertz CT molecular complexity index is 384. The smallest absolute Gasteiger partial charge is 0.137 e. The zero-order valence-electron chi connectivity index (χ0n) is 6.81. The van der Waals surface area contributed by atoms with Gasteiger partial charge in [0.2, 0.25) is 0 Å². The van der Waals surface area contributed by atoms with E-state index in [9.17, 15) is 4.39 Å². The molecule has 0 spiro atoms. The van der Waals surface area contributed by atoms with Crippen LogP contribution in [0.4, 0.5) is 4.39 Å². The lowest BCUT2D eigenvalue weighted by atomic mass is 10.2. The first-order valence-corrected chi connectivity index (χ1v) is 3.83. The van der Waals surface area contributed by atoms with Crippen LogP contribution in [0.25, 0.3) is 0 Å². The number of rotatable bonds is 2. The fourth-order valence-electron chi connectivity index (χ4n) is 1.08. The van der Waals surface area contributed by atoms with Crippen LogP contribution in [0.5, 0.6) is 0 Å². The summed E-state index contributed by atoms with van der Waals surface area (Å²) in [6.07, 6.45) is 3.04. The Morgan fingerprint density at radius 1 is 1.54 bits per heavy atom. The van der Waals surface area contributed by atoms with Gasteiger partial charge >= 0.3 is 0 Å². The molecule has 0 unspecified atom stereocenters. The second-order valence-electron chi connectivity index (χ2n) is 2.64. The Balaban J connectivity index is 2.19. The summed E-state index contributed by atoms with van der Waals surface area (Å²) in [6.45, 7) is 0.533. The van der Waals surface area contributed by atoms with Crippen molar-refractivity contribution in [2.45, 2.75) is 6.54 Å². The standard InChI is InChI=1S/C9H7FN3/c10-9-3-1-2-8(4-9)5-13-7-11-6-12-13/h1-2,4,6-7H,5H2. The van der Waals surface area contributed by atoms with E-state index in [-0.39, 0.29) is 5.82 Å². The molecule has 0 fully saturated rings.